The van der Waals surface area contributed by atoms with Crippen molar-refractivity contribution in [3.05, 3.63) is 35.0 Å². The predicted molar refractivity (Wildman–Crippen MR) is 103 cm³/mol. The molecule has 0 spiro atoms. The van der Waals surface area contributed by atoms with Crippen LogP contribution in [0.1, 0.15) is 36.2 Å². The SMILES string of the molecule is CC(C)n1ncnc1-c1nc2c(s1)CCOc1cc(C(CO)CO)ccc1-2. The number of aliphatic hydroxyl groups excluding tert-OH is 2. The van der Waals surface area contributed by atoms with Crippen molar-refractivity contribution in [1.82, 2.24) is 19.7 Å². The Balaban J connectivity index is 1.78. The maximum Gasteiger partial charge on any atom is 0.187 e. The van der Waals surface area contributed by atoms with Gasteiger partial charge in [-0.15, -0.1) is 11.3 Å². The highest BCUT2D eigenvalue weighted by atomic mass is 32.1. The largest absolute Gasteiger partial charge is 0.492 e. The Morgan fingerprint density at radius 1 is 1.26 bits per heavy atom. The first-order valence-corrected chi connectivity index (χ1v) is 9.82. The number of thiazole rings is 1. The lowest BCUT2D eigenvalue weighted by Crippen LogP contribution is -2.09. The van der Waals surface area contributed by atoms with E-state index in [2.05, 4.69) is 23.9 Å². The zero-order valence-electron chi connectivity index (χ0n) is 15.3. The second kappa shape index (κ2) is 7.38. The maximum atomic E-state index is 9.45. The lowest BCUT2D eigenvalue weighted by Gasteiger charge is -2.14. The van der Waals surface area contributed by atoms with Crippen LogP contribution in [0.15, 0.2) is 24.5 Å². The molecule has 0 bridgehead atoms. The summed E-state index contributed by atoms with van der Waals surface area (Å²) in [4.78, 5) is 10.4. The molecule has 0 atom stereocenters. The van der Waals surface area contributed by atoms with E-state index in [1.165, 1.54) is 0 Å². The summed E-state index contributed by atoms with van der Waals surface area (Å²) in [5, 5.41) is 24.1. The molecule has 0 unspecified atom stereocenters. The number of hydrogen-bond acceptors (Lipinski definition) is 7. The summed E-state index contributed by atoms with van der Waals surface area (Å²) in [5.74, 6) is 1.21. The van der Waals surface area contributed by atoms with Crippen molar-refractivity contribution in [3.8, 4) is 27.8 Å². The van der Waals surface area contributed by atoms with E-state index in [9.17, 15) is 10.2 Å². The van der Waals surface area contributed by atoms with Gasteiger partial charge >= 0.3 is 0 Å². The Morgan fingerprint density at radius 2 is 2.07 bits per heavy atom. The molecule has 0 radical (unpaired) electrons. The molecule has 7 nitrogen and oxygen atoms in total. The number of hydrogen-bond donors (Lipinski definition) is 2. The van der Waals surface area contributed by atoms with Crippen molar-refractivity contribution in [3.63, 3.8) is 0 Å². The van der Waals surface area contributed by atoms with Crippen LogP contribution in [0.4, 0.5) is 0 Å². The Kier molecular flexibility index (Phi) is 4.94. The van der Waals surface area contributed by atoms with Crippen molar-refractivity contribution in [2.24, 2.45) is 0 Å². The van der Waals surface area contributed by atoms with E-state index in [4.69, 9.17) is 9.72 Å². The normalized spacial score (nSPS) is 13.4. The summed E-state index contributed by atoms with van der Waals surface area (Å²) < 4.78 is 7.81. The number of ether oxygens (including phenoxy) is 1. The van der Waals surface area contributed by atoms with Gasteiger partial charge in [-0.05, 0) is 31.5 Å². The van der Waals surface area contributed by atoms with Crippen LogP contribution in [0.2, 0.25) is 0 Å². The van der Waals surface area contributed by atoms with Crippen LogP contribution >= 0.6 is 11.3 Å². The lowest BCUT2D eigenvalue weighted by molar-refractivity contribution is 0.192. The van der Waals surface area contributed by atoms with Crippen LogP contribution < -0.4 is 4.74 Å². The highest BCUT2D eigenvalue weighted by molar-refractivity contribution is 7.15. The number of nitrogens with zero attached hydrogens (tertiary/aromatic N) is 4. The smallest absolute Gasteiger partial charge is 0.187 e. The minimum absolute atomic E-state index is 0.105. The van der Waals surface area contributed by atoms with E-state index in [0.717, 1.165) is 44.7 Å². The van der Waals surface area contributed by atoms with Crippen LogP contribution in [-0.2, 0) is 6.42 Å². The molecule has 3 heterocycles. The van der Waals surface area contributed by atoms with E-state index in [1.54, 1.807) is 17.7 Å². The molecule has 0 saturated carbocycles. The van der Waals surface area contributed by atoms with Gasteiger partial charge in [0.15, 0.2) is 10.8 Å². The van der Waals surface area contributed by atoms with E-state index in [1.807, 2.05) is 22.9 Å². The summed E-state index contributed by atoms with van der Waals surface area (Å²) >= 11 is 1.63. The quantitative estimate of drug-likeness (QED) is 0.700. The molecule has 1 aliphatic rings. The highest BCUT2D eigenvalue weighted by Gasteiger charge is 2.24. The fourth-order valence-electron chi connectivity index (χ4n) is 3.24. The third kappa shape index (κ3) is 3.24. The van der Waals surface area contributed by atoms with Crippen molar-refractivity contribution >= 4 is 11.3 Å². The van der Waals surface area contributed by atoms with Crippen LogP contribution in [0.3, 0.4) is 0 Å². The fourth-order valence-corrected chi connectivity index (χ4v) is 4.28. The van der Waals surface area contributed by atoms with Gasteiger partial charge in [-0.2, -0.15) is 5.10 Å². The third-order valence-corrected chi connectivity index (χ3v) is 5.82. The molecule has 142 valence electrons. The number of rotatable bonds is 5. The minimum atomic E-state index is -0.308. The van der Waals surface area contributed by atoms with E-state index in [-0.39, 0.29) is 25.2 Å². The standard InChI is InChI=1S/C19H22N4O3S/c1-11(2)23-18(20-10-21-23)19-22-17-14-4-3-12(13(8-24)9-25)7-15(14)26-6-5-16(17)27-19/h3-4,7,10-11,13,24-25H,5-6,8-9H2,1-2H3. The van der Waals surface area contributed by atoms with E-state index >= 15 is 0 Å². The fraction of sp³-hybridized carbons (Fsp3) is 0.421. The van der Waals surface area contributed by atoms with Crippen LogP contribution in [0.5, 0.6) is 5.75 Å². The van der Waals surface area contributed by atoms with Crippen molar-refractivity contribution in [2.75, 3.05) is 19.8 Å². The van der Waals surface area contributed by atoms with Crippen molar-refractivity contribution < 1.29 is 14.9 Å². The molecule has 27 heavy (non-hydrogen) atoms. The Labute approximate surface area is 161 Å². The van der Waals surface area contributed by atoms with Gasteiger partial charge < -0.3 is 14.9 Å². The van der Waals surface area contributed by atoms with E-state index in [0.29, 0.717) is 6.61 Å². The zero-order valence-corrected chi connectivity index (χ0v) is 16.1. The van der Waals surface area contributed by atoms with Gasteiger partial charge in [0.2, 0.25) is 0 Å². The van der Waals surface area contributed by atoms with Gasteiger partial charge in [-0.3, -0.25) is 0 Å². The first-order chi connectivity index (χ1) is 13.1. The van der Waals surface area contributed by atoms with Gasteiger partial charge in [-0.25, -0.2) is 14.6 Å². The number of aromatic nitrogens is 4. The first kappa shape index (κ1) is 18.1. The predicted octanol–water partition coefficient (Wildman–Crippen LogP) is 2.65. The summed E-state index contributed by atoms with van der Waals surface area (Å²) in [6.07, 6.45) is 2.34. The second-order valence-corrected chi connectivity index (χ2v) is 7.91. The molecular formula is C19H22N4O3S. The first-order valence-electron chi connectivity index (χ1n) is 9.00. The number of aliphatic hydroxyl groups is 2. The molecule has 2 aromatic heterocycles. The molecule has 3 aromatic rings. The number of benzene rings is 1. The van der Waals surface area contributed by atoms with Gasteiger partial charge in [-0.1, -0.05) is 6.07 Å². The van der Waals surface area contributed by atoms with Crippen LogP contribution in [0, 0.1) is 0 Å². The topological polar surface area (TPSA) is 93.3 Å². The average molecular weight is 386 g/mol. The van der Waals surface area contributed by atoms with Crippen molar-refractivity contribution in [2.45, 2.75) is 32.2 Å². The minimum Gasteiger partial charge on any atom is -0.492 e. The Morgan fingerprint density at radius 3 is 2.81 bits per heavy atom. The molecule has 0 saturated heterocycles. The number of fused-ring (bicyclic) bond motifs is 3. The lowest BCUT2D eigenvalue weighted by atomic mass is 9.98. The van der Waals surface area contributed by atoms with Gasteiger partial charge in [0.1, 0.15) is 12.1 Å². The summed E-state index contributed by atoms with van der Waals surface area (Å²) in [5.41, 5.74) is 2.70. The van der Waals surface area contributed by atoms with Crippen LogP contribution in [0.25, 0.3) is 22.1 Å². The summed E-state index contributed by atoms with van der Waals surface area (Å²) in [7, 11) is 0. The average Bonchev–Trinajstić information content (AvgIpc) is 3.27. The Bertz CT molecular complexity index is 946. The van der Waals surface area contributed by atoms with Gasteiger partial charge in [0.05, 0.1) is 25.5 Å². The molecule has 1 aliphatic heterocycles. The Hall–Kier alpha value is -2.29. The monoisotopic (exact) mass is 386 g/mol. The molecule has 1 aromatic carbocycles. The van der Waals surface area contributed by atoms with Crippen molar-refractivity contribution in [1.29, 1.82) is 0 Å². The third-order valence-electron chi connectivity index (χ3n) is 4.71. The maximum absolute atomic E-state index is 9.45. The van der Waals surface area contributed by atoms with E-state index < -0.39 is 0 Å². The van der Waals surface area contributed by atoms with Crippen LogP contribution in [-0.4, -0.2) is 49.8 Å². The van der Waals surface area contributed by atoms with Gasteiger partial charge in [0, 0.05) is 28.8 Å². The molecule has 0 amide bonds. The molecule has 0 fully saturated rings. The molecule has 8 heteroatoms. The summed E-state index contributed by atoms with van der Waals surface area (Å²) in [6, 6.07) is 5.99. The molecule has 2 N–H and O–H groups in total. The highest BCUT2D eigenvalue weighted by Crippen LogP contribution is 2.41. The molecule has 4 rings (SSSR count). The molecular weight excluding hydrogens is 364 g/mol. The van der Waals surface area contributed by atoms with Gasteiger partial charge in [0.25, 0.3) is 0 Å². The second-order valence-electron chi connectivity index (χ2n) is 6.83. The summed E-state index contributed by atoms with van der Waals surface area (Å²) in [6.45, 7) is 4.49. The molecule has 0 aliphatic carbocycles. The zero-order chi connectivity index (χ0) is 19.0.